The maximum Gasteiger partial charge on any atom is 0.231 e. The molecule has 2 bridgehead atoms. The van der Waals surface area contributed by atoms with Crippen LogP contribution in [-0.2, 0) is 17.6 Å². The van der Waals surface area contributed by atoms with Gasteiger partial charge in [-0.1, -0.05) is 18.2 Å². The summed E-state index contributed by atoms with van der Waals surface area (Å²) in [6, 6.07) is 5.77. The second-order valence-corrected chi connectivity index (χ2v) is 9.00. The van der Waals surface area contributed by atoms with Gasteiger partial charge in [0.1, 0.15) is 0 Å². The summed E-state index contributed by atoms with van der Waals surface area (Å²) >= 11 is 0. The van der Waals surface area contributed by atoms with Crippen LogP contribution in [0.2, 0.25) is 0 Å². The number of benzene rings is 1. The number of carbonyl (C=O) groups is 1. The molecule has 7 nitrogen and oxygen atoms in total. The van der Waals surface area contributed by atoms with Gasteiger partial charge in [-0.25, -0.2) is 0 Å². The maximum absolute atomic E-state index is 12.3. The predicted molar refractivity (Wildman–Crippen MR) is 107 cm³/mol. The molecular weight excluding hydrogens is 382 g/mol. The van der Waals surface area contributed by atoms with Crippen molar-refractivity contribution in [2.75, 3.05) is 13.3 Å². The van der Waals surface area contributed by atoms with E-state index in [1.807, 2.05) is 18.2 Å². The molecule has 2 unspecified atom stereocenters. The summed E-state index contributed by atoms with van der Waals surface area (Å²) in [4.78, 5) is 12.3. The third kappa shape index (κ3) is 3.07. The van der Waals surface area contributed by atoms with Gasteiger partial charge in [0.2, 0.25) is 24.5 Å². The van der Waals surface area contributed by atoms with E-state index in [-0.39, 0.29) is 12.7 Å². The molecule has 30 heavy (non-hydrogen) atoms. The van der Waals surface area contributed by atoms with Gasteiger partial charge >= 0.3 is 0 Å². The molecule has 1 amide bonds. The number of carbonyl (C=O) groups excluding carboxylic acids is 1. The Bertz CT molecular complexity index is 1010. The van der Waals surface area contributed by atoms with Crippen molar-refractivity contribution in [2.45, 2.75) is 38.5 Å². The lowest BCUT2D eigenvalue weighted by molar-refractivity contribution is -0.121. The zero-order chi connectivity index (χ0) is 20.1. The lowest BCUT2D eigenvalue weighted by atomic mass is 9.89. The number of nitrogens with one attached hydrogen (secondary N) is 1. The number of aromatic nitrogens is 2. The Morgan fingerprint density at radius 2 is 2.00 bits per heavy atom. The fraction of sp³-hybridized carbons (Fsp3) is 0.522. The van der Waals surface area contributed by atoms with Gasteiger partial charge in [0.05, 0.1) is 6.42 Å². The predicted octanol–water partition coefficient (Wildman–Crippen LogP) is 3.04. The van der Waals surface area contributed by atoms with E-state index >= 15 is 0 Å². The Morgan fingerprint density at radius 1 is 1.13 bits per heavy atom. The number of ether oxygens (including phenoxy) is 2. The SMILES string of the molecule is O=C(CCc1nnc(Cc2ccc3c(c2)OCO3)o1)NC[C@H]1CC2C=CC1C21CC1. The van der Waals surface area contributed by atoms with Gasteiger partial charge in [-0.3, -0.25) is 4.79 Å². The average molecular weight is 407 g/mol. The van der Waals surface area contributed by atoms with Crippen LogP contribution >= 0.6 is 0 Å². The highest BCUT2D eigenvalue weighted by Crippen LogP contribution is 2.69. The summed E-state index contributed by atoms with van der Waals surface area (Å²) in [5.74, 6) is 4.62. The first kappa shape index (κ1) is 18.0. The minimum Gasteiger partial charge on any atom is -0.454 e. The Kier molecular flexibility index (Phi) is 4.11. The lowest BCUT2D eigenvalue weighted by Crippen LogP contribution is -2.31. The van der Waals surface area contributed by atoms with Crippen molar-refractivity contribution in [3.8, 4) is 11.5 Å². The summed E-state index contributed by atoms with van der Waals surface area (Å²) in [7, 11) is 0. The van der Waals surface area contributed by atoms with Crippen molar-refractivity contribution in [3.63, 3.8) is 0 Å². The normalized spacial score (nSPS) is 26.5. The second kappa shape index (κ2) is 6.86. The molecule has 4 aliphatic rings. The van der Waals surface area contributed by atoms with E-state index in [0.717, 1.165) is 29.5 Å². The van der Waals surface area contributed by atoms with Gasteiger partial charge in [0.25, 0.3) is 0 Å². The molecule has 3 atom stereocenters. The first-order chi connectivity index (χ1) is 14.7. The van der Waals surface area contributed by atoms with Crippen molar-refractivity contribution >= 4 is 5.91 Å². The number of allylic oxidation sites excluding steroid dienone is 2. The minimum atomic E-state index is 0.0575. The number of rotatable bonds is 7. The van der Waals surface area contributed by atoms with Crippen molar-refractivity contribution < 1.29 is 18.7 Å². The molecule has 7 heteroatoms. The fourth-order valence-corrected chi connectivity index (χ4v) is 5.60. The third-order valence-corrected chi connectivity index (χ3v) is 7.27. The number of hydrogen-bond acceptors (Lipinski definition) is 6. The van der Waals surface area contributed by atoms with Gasteiger partial charge in [-0.05, 0) is 60.1 Å². The number of nitrogens with zero attached hydrogens (tertiary/aromatic N) is 2. The Hall–Kier alpha value is -2.83. The first-order valence-corrected chi connectivity index (χ1v) is 10.8. The number of aryl methyl sites for hydroxylation is 1. The monoisotopic (exact) mass is 407 g/mol. The van der Waals surface area contributed by atoms with Crippen LogP contribution in [0.4, 0.5) is 0 Å². The molecule has 1 aliphatic heterocycles. The first-order valence-electron chi connectivity index (χ1n) is 10.8. The Balaban J connectivity index is 0.979. The summed E-state index contributed by atoms with van der Waals surface area (Å²) in [5, 5.41) is 11.3. The second-order valence-electron chi connectivity index (χ2n) is 9.00. The molecule has 1 aromatic carbocycles. The van der Waals surface area contributed by atoms with Crippen molar-refractivity contribution in [2.24, 2.45) is 23.2 Å². The fourth-order valence-electron chi connectivity index (χ4n) is 5.60. The molecular formula is C23H25N3O4. The van der Waals surface area contributed by atoms with Crippen LogP contribution in [0.25, 0.3) is 0 Å². The molecule has 2 fully saturated rings. The van der Waals surface area contributed by atoms with E-state index in [4.69, 9.17) is 13.9 Å². The molecule has 1 aromatic heterocycles. The van der Waals surface area contributed by atoms with E-state index in [0.29, 0.717) is 48.3 Å². The zero-order valence-electron chi connectivity index (χ0n) is 16.8. The van der Waals surface area contributed by atoms with Gasteiger partial charge < -0.3 is 19.2 Å². The zero-order valence-corrected chi connectivity index (χ0v) is 16.8. The molecule has 2 aromatic rings. The maximum atomic E-state index is 12.3. The van der Waals surface area contributed by atoms with E-state index in [1.54, 1.807) is 0 Å². The molecule has 0 saturated heterocycles. The quantitative estimate of drug-likeness (QED) is 0.710. The molecule has 6 rings (SSSR count). The Labute approximate surface area is 174 Å². The van der Waals surface area contributed by atoms with Gasteiger partial charge in [-0.15, -0.1) is 10.2 Å². The number of fused-ring (bicyclic) bond motifs is 1. The van der Waals surface area contributed by atoms with E-state index in [2.05, 4.69) is 27.7 Å². The smallest absolute Gasteiger partial charge is 0.231 e. The molecule has 1 N–H and O–H groups in total. The number of hydrogen-bond donors (Lipinski definition) is 1. The largest absolute Gasteiger partial charge is 0.454 e. The van der Waals surface area contributed by atoms with Gasteiger partial charge in [0.15, 0.2) is 11.5 Å². The Morgan fingerprint density at radius 3 is 2.87 bits per heavy atom. The van der Waals surface area contributed by atoms with Crippen LogP contribution < -0.4 is 14.8 Å². The summed E-state index contributed by atoms with van der Waals surface area (Å²) in [6.45, 7) is 1.04. The van der Waals surface area contributed by atoms with E-state index < -0.39 is 0 Å². The van der Waals surface area contributed by atoms with Gasteiger partial charge in [0, 0.05) is 19.4 Å². The van der Waals surface area contributed by atoms with Crippen LogP contribution in [0.5, 0.6) is 11.5 Å². The van der Waals surface area contributed by atoms with Crippen LogP contribution in [0.15, 0.2) is 34.8 Å². The minimum absolute atomic E-state index is 0.0575. The highest BCUT2D eigenvalue weighted by Gasteiger charge is 2.62. The van der Waals surface area contributed by atoms with Crippen LogP contribution in [0.3, 0.4) is 0 Å². The third-order valence-electron chi connectivity index (χ3n) is 7.27. The topological polar surface area (TPSA) is 86.5 Å². The van der Waals surface area contributed by atoms with Crippen molar-refractivity contribution in [3.05, 3.63) is 47.7 Å². The van der Waals surface area contributed by atoms with E-state index in [1.165, 1.54) is 19.3 Å². The molecule has 2 heterocycles. The molecule has 3 aliphatic carbocycles. The van der Waals surface area contributed by atoms with Crippen molar-refractivity contribution in [1.82, 2.24) is 15.5 Å². The van der Waals surface area contributed by atoms with Crippen molar-refractivity contribution in [1.29, 1.82) is 0 Å². The lowest BCUT2D eigenvalue weighted by Gasteiger charge is -2.20. The van der Waals surface area contributed by atoms with Crippen LogP contribution in [-0.4, -0.2) is 29.4 Å². The van der Waals surface area contributed by atoms with Crippen LogP contribution in [0, 0.1) is 23.2 Å². The molecule has 156 valence electrons. The standard InChI is InChI=1S/C23H25N3O4/c27-20(24-12-15-11-16-2-3-17(15)23(16)7-8-23)5-6-21-25-26-22(30-21)10-14-1-4-18-19(9-14)29-13-28-18/h1-4,9,15-17H,5-8,10-13H2,(H,24,27)/t15-,16?,17?/m1/s1. The average Bonchev–Trinajstić information content (AvgIpc) is 3.05. The molecule has 0 radical (unpaired) electrons. The van der Waals surface area contributed by atoms with E-state index in [9.17, 15) is 4.79 Å². The molecule has 2 saturated carbocycles. The van der Waals surface area contributed by atoms with Gasteiger partial charge in [-0.2, -0.15) is 0 Å². The van der Waals surface area contributed by atoms with Crippen LogP contribution in [0.1, 0.15) is 43.0 Å². The highest BCUT2D eigenvalue weighted by atomic mass is 16.7. The summed E-state index contributed by atoms with van der Waals surface area (Å²) in [5.41, 5.74) is 1.59. The number of amides is 1. The highest BCUT2D eigenvalue weighted by molar-refractivity contribution is 5.76. The summed E-state index contributed by atoms with van der Waals surface area (Å²) < 4.78 is 16.5. The summed E-state index contributed by atoms with van der Waals surface area (Å²) in [6.07, 6.45) is 10.1. The molecule has 1 spiro atoms.